The molecule has 0 bridgehead atoms. The first-order valence-corrected chi connectivity index (χ1v) is 8.31. The predicted octanol–water partition coefficient (Wildman–Crippen LogP) is 2.81. The van der Waals surface area contributed by atoms with Crippen molar-refractivity contribution in [2.45, 2.75) is 25.8 Å². The van der Waals surface area contributed by atoms with Gasteiger partial charge in [-0.2, -0.15) is 5.10 Å². The van der Waals surface area contributed by atoms with Crippen molar-refractivity contribution < 1.29 is 0 Å². The van der Waals surface area contributed by atoms with Crippen molar-refractivity contribution in [1.82, 2.24) is 20.2 Å². The molecule has 24 heavy (non-hydrogen) atoms. The maximum atomic E-state index is 4.66. The second-order valence-corrected chi connectivity index (χ2v) is 6.21. The van der Waals surface area contributed by atoms with Crippen LogP contribution in [0.3, 0.4) is 0 Å². The summed E-state index contributed by atoms with van der Waals surface area (Å²) in [5.41, 5.74) is 2.78. The van der Waals surface area contributed by atoms with Gasteiger partial charge in [-0.15, -0.1) is 5.10 Å². The highest BCUT2D eigenvalue weighted by atomic mass is 15.3. The molecule has 1 aliphatic rings. The van der Waals surface area contributed by atoms with E-state index in [1.54, 1.807) is 0 Å². The third kappa shape index (κ3) is 3.13. The first-order valence-electron chi connectivity index (χ1n) is 8.31. The van der Waals surface area contributed by atoms with Gasteiger partial charge in [0, 0.05) is 19.1 Å². The Labute approximate surface area is 141 Å². The van der Waals surface area contributed by atoms with E-state index in [0.29, 0.717) is 6.04 Å². The van der Waals surface area contributed by atoms with Gasteiger partial charge in [0.2, 0.25) is 0 Å². The molecule has 1 aromatic carbocycles. The van der Waals surface area contributed by atoms with Crippen LogP contribution in [0.5, 0.6) is 0 Å². The number of hydrogen-bond acceptors (Lipinski definition) is 6. The lowest BCUT2D eigenvalue weighted by Gasteiger charge is -2.33. The van der Waals surface area contributed by atoms with Crippen LogP contribution >= 0.6 is 0 Å². The third-order valence-corrected chi connectivity index (χ3v) is 4.33. The molecule has 4 rings (SSSR count). The lowest BCUT2D eigenvalue weighted by molar-refractivity contribution is 0.524. The number of benzene rings is 1. The van der Waals surface area contributed by atoms with Gasteiger partial charge in [-0.1, -0.05) is 12.1 Å². The molecule has 1 fully saturated rings. The van der Waals surface area contributed by atoms with E-state index in [9.17, 15) is 0 Å². The average Bonchev–Trinajstić information content (AvgIpc) is 2.62. The second-order valence-electron chi connectivity index (χ2n) is 6.21. The van der Waals surface area contributed by atoms with E-state index >= 15 is 0 Å². The zero-order chi connectivity index (χ0) is 16.4. The van der Waals surface area contributed by atoms with E-state index in [2.05, 4.69) is 30.4 Å². The summed E-state index contributed by atoms with van der Waals surface area (Å²) < 4.78 is 0. The number of anilines is 2. The molecule has 0 radical (unpaired) electrons. The molecule has 1 aliphatic heterocycles. The Balaban J connectivity index is 1.48. The molecule has 0 spiro atoms. The van der Waals surface area contributed by atoms with E-state index in [-0.39, 0.29) is 0 Å². The van der Waals surface area contributed by atoms with Gasteiger partial charge in [0.1, 0.15) is 5.82 Å². The molecule has 6 heteroatoms. The fraction of sp³-hybridized carbons (Fsp3) is 0.333. The van der Waals surface area contributed by atoms with Crippen molar-refractivity contribution in [3.05, 3.63) is 48.3 Å². The van der Waals surface area contributed by atoms with Gasteiger partial charge in [-0.25, -0.2) is 4.98 Å². The van der Waals surface area contributed by atoms with Gasteiger partial charge in [-0.05, 0) is 44.0 Å². The quantitative estimate of drug-likeness (QED) is 0.800. The number of aromatic nitrogens is 4. The van der Waals surface area contributed by atoms with Crippen LogP contribution in [0.15, 0.2) is 42.6 Å². The topological polar surface area (TPSA) is 66.8 Å². The Kier molecular flexibility index (Phi) is 3.94. The van der Waals surface area contributed by atoms with E-state index < -0.39 is 0 Å². The number of nitrogens with zero attached hydrogens (tertiary/aromatic N) is 5. The molecule has 0 unspecified atom stereocenters. The van der Waals surface area contributed by atoms with Gasteiger partial charge in [0.25, 0.3) is 0 Å². The van der Waals surface area contributed by atoms with Crippen molar-refractivity contribution in [3.8, 4) is 0 Å². The van der Waals surface area contributed by atoms with Crippen LogP contribution < -0.4 is 10.2 Å². The van der Waals surface area contributed by atoms with Crippen LogP contribution in [0.4, 0.5) is 11.6 Å². The zero-order valence-corrected chi connectivity index (χ0v) is 13.7. The Morgan fingerprint density at radius 1 is 1.08 bits per heavy atom. The van der Waals surface area contributed by atoms with Crippen molar-refractivity contribution in [3.63, 3.8) is 0 Å². The monoisotopic (exact) mass is 320 g/mol. The van der Waals surface area contributed by atoms with Crippen LogP contribution in [0.1, 0.15) is 18.5 Å². The van der Waals surface area contributed by atoms with E-state index in [1.165, 1.54) is 0 Å². The maximum absolute atomic E-state index is 4.66. The molecule has 3 heterocycles. The normalized spacial score (nSPS) is 17.9. The summed E-state index contributed by atoms with van der Waals surface area (Å²) in [4.78, 5) is 11.4. The highest BCUT2D eigenvalue weighted by Gasteiger charge is 2.21. The standard InChI is InChI=1S/C18H20N6/c1-13-8-9-18(23-22-13)24-10-4-5-14(12-24)20-17-11-19-15-6-2-3-7-16(15)21-17/h2-3,6-9,11,14H,4-5,10,12H2,1H3,(H,20,21)/t14-/m1/s1. The van der Waals surface area contributed by atoms with Crippen LogP contribution in [0.2, 0.25) is 0 Å². The fourth-order valence-corrected chi connectivity index (χ4v) is 3.10. The Hall–Kier alpha value is -2.76. The maximum Gasteiger partial charge on any atom is 0.151 e. The Bertz CT molecular complexity index is 832. The van der Waals surface area contributed by atoms with Crippen molar-refractivity contribution >= 4 is 22.7 Å². The summed E-state index contributed by atoms with van der Waals surface area (Å²) >= 11 is 0. The third-order valence-electron chi connectivity index (χ3n) is 4.33. The summed E-state index contributed by atoms with van der Waals surface area (Å²) in [6.45, 7) is 3.86. The number of hydrogen-bond donors (Lipinski definition) is 1. The number of piperidine rings is 1. The molecule has 3 aromatic rings. The molecule has 0 saturated carbocycles. The molecule has 6 nitrogen and oxygen atoms in total. The lowest BCUT2D eigenvalue weighted by atomic mass is 10.1. The summed E-state index contributed by atoms with van der Waals surface area (Å²) in [5.74, 6) is 1.77. The Morgan fingerprint density at radius 3 is 2.79 bits per heavy atom. The average molecular weight is 320 g/mol. The Morgan fingerprint density at radius 2 is 1.96 bits per heavy atom. The van der Waals surface area contributed by atoms with Crippen molar-refractivity contribution in [2.24, 2.45) is 0 Å². The number of para-hydroxylation sites is 2. The minimum absolute atomic E-state index is 0.331. The summed E-state index contributed by atoms with van der Waals surface area (Å²) in [7, 11) is 0. The van der Waals surface area contributed by atoms with E-state index in [1.807, 2.05) is 49.5 Å². The van der Waals surface area contributed by atoms with Crippen LogP contribution in [0.25, 0.3) is 11.0 Å². The van der Waals surface area contributed by atoms with Gasteiger partial charge in [0.15, 0.2) is 5.82 Å². The first kappa shape index (κ1) is 14.8. The molecule has 0 amide bonds. The summed E-state index contributed by atoms with van der Waals surface area (Å²) in [6.07, 6.45) is 4.05. The lowest BCUT2D eigenvalue weighted by Crippen LogP contribution is -2.42. The fourth-order valence-electron chi connectivity index (χ4n) is 3.10. The molecule has 2 aromatic heterocycles. The number of rotatable bonds is 3. The smallest absolute Gasteiger partial charge is 0.151 e. The van der Waals surface area contributed by atoms with Crippen LogP contribution in [-0.4, -0.2) is 39.3 Å². The van der Waals surface area contributed by atoms with Crippen molar-refractivity contribution in [2.75, 3.05) is 23.3 Å². The summed E-state index contributed by atoms with van der Waals surface area (Å²) in [6, 6.07) is 12.3. The molecule has 1 saturated heterocycles. The molecule has 0 aliphatic carbocycles. The largest absolute Gasteiger partial charge is 0.364 e. The molecule has 1 N–H and O–H groups in total. The molecular weight excluding hydrogens is 300 g/mol. The predicted molar refractivity (Wildman–Crippen MR) is 95.2 cm³/mol. The highest BCUT2D eigenvalue weighted by Crippen LogP contribution is 2.20. The van der Waals surface area contributed by atoms with Crippen LogP contribution in [0, 0.1) is 6.92 Å². The number of nitrogens with one attached hydrogen (secondary N) is 1. The molecule has 122 valence electrons. The van der Waals surface area contributed by atoms with Crippen molar-refractivity contribution in [1.29, 1.82) is 0 Å². The SMILES string of the molecule is Cc1ccc(N2CCC[C@@H](Nc3cnc4ccccc4n3)C2)nn1. The van der Waals surface area contributed by atoms with E-state index in [0.717, 1.165) is 54.3 Å². The van der Waals surface area contributed by atoms with Gasteiger partial charge in [0.05, 0.1) is 22.9 Å². The number of fused-ring (bicyclic) bond motifs is 1. The van der Waals surface area contributed by atoms with Gasteiger partial charge < -0.3 is 10.2 Å². The minimum Gasteiger partial charge on any atom is -0.364 e. The van der Waals surface area contributed by atoms with Gasteiger partial charge >= 0.3 is 0 Å². The second kappa shape index (κ2) is 6.39. The molecule has 1 atom stereocenters. The van der Waals surface area contributed by atoms with E-state index in [4.69, 9.17) is 0 Å². The number of aryl methyl sites for hydroxylation is 1. The summed E-state index contributed by atoms with van der Waals surface area (Å²) in [5, 5.41) is 12.0. The highest BCUT2D eigenvalue weighted by molar-refractivity contribution is 5.75. The van der Waals surface area contributed by atoms with Gasteiger partial charge in [-0.3, -0.25) is 4.98 Å². The van der Waals surface area contributed by atoms with Crippen LogP contribution in [-0.2, 0) is 0 Å². The molecular formula is C18H20N6. The zero-order valence-electron chi connectivity index (χ0n) is 13.7. The first-order chi connectivity index (χ1) is 11.8. The minimum atomic E-state index is 0.331.